The van der Waals surface area contributed by atoms with Crippen molar-refractivity contribution >= 4 is 40.8 Å². The Hall–Kier alpha value is -1.26. The molecule has 1 aromatic rings. The Morgan fingerprint density at radius 3 is 2.78 bits per heavy atom. The van der Waals surface area contributed by atoms with E-state index in [2.05, 4.69) is 4.74 Å². The number of anilines is 1. The summed E-state index contributed by atoms with van der Waals surface area (Å²) in [6.07, 6.45) is 0.144. The molecule has 0 radical (unpaired) electrons. The summed E-state index contributed by atoms with van der Waals surface area (Å²) in [6.45, 7) is 0.285. The molecule has 1 aliphatic heterocycles. The maximum atomic E-state index is 11.9. The molecule has 96 valence electrons. The van der Waals surface area contributed by atoms with E-state index >= 15 is 0 Å². The van der Waals surface area contributed by atoms with Gasteiger partial charge in [0.15, 0.2) is 0 Å². The number of hydrogen-bond donors (Lipinski definition) is 0. The molecule has 0 aliphatic carbocycles. The van der Waals surface area contributed by atoms with Gasteiger partial charge in [0.05, 0.1) is 23.7 Å². The first-order valence-electron chi connectivity index (χ1n) is 5.36. The van der Waals surface area contributed by atoms with Gasteiger partial charge < -0.3 is 9.64 Å². The van der Waals surface area contributed by atoms with Gasteiger partial charge in [-0.15, -0.1) is 0 Å². The van der Waals surface area contributed by atoms with Gasteiger partial charge in [-0.2, -0.15) is 0 Å². The molecular weight excluding hydrogens is 277 g/mol. The zero-order valence-electron chi connectivity index (χ0n) is 9.65. The summed E-state index contributed by atoms with van der Waals surface area (Å²) in [4.78, 5) is 24.8. The molecule has 0 N–H and O–H groups in total. The lowest BCUT2D eigenvalue weighted by atomic mass is 10.1. The van der Waals surface area contributed by atoms with E-state index in [0.29, 0.717) is 15.7 Å². The number of rotatable bonds is 2. The fourth-order valence-corrected chi connectivity index (χ4v) is 2.48. The van der Waals surface area contributed by atoms with Crippen LogP contribution >= 0.6 is 23.2 Å². The zero-order chi connectivity index (χ0) is 13.3. The van der Waals surface area contributed by atoms with Crippen molar-refractivity contribution in [1.29, 1.82) is 0 Å². The molecule has 1 saturated heterocycles. The molecule has 1 aromatic carbocycles. The number of carbonyl (C=O) groups is 2. The molecule has 0 aromatic heterocycles. The van der Waals surface area contributed by atoms with Crippen LogP contribution in [0.1, 0.15) is 6.42 Å². The Bertz CT molecular complexity index is 504. The Morgan fingerprint density at radius 2 is 2.17 bits per heavy atom. The van der Waals surface area contributed by atoms with E-state index in [1.807, 2.05) is 0 Å². The highest BCUT2D eigenvalue weighted by molar-refractivity contribution is 6.36. The second kappa shape index (κ2) is 5.16. The third-order valence-corrected chi connectivity index (χ3v) is 3.40. The molecule has 0 bridgehead atoms. The van der Waals surface area contributed by atoms with Gasteiger partial charge in [0.25, 0.3) is 0 Å². The summed E-state index contributed by atoms with van der Waals surface area (Å²) in [5.41, 5.74) is 0.567. The fourth-order valence-electron chi connectivity index (χ4n) is 1.97. The van der Waals surface area contributed by atoms with Crippen LogP contribution in [0.25, 0.3) is 0 Å². The highest BCUT2D eigenvalue weighted by atomic mass is 35.5. The standard InChI is InChI=1S/C12H11Cl2NO3/c1-18-12(17)7-4-11(16)15(6-7)10-3-2-8(13)5-9(10)14/h2-3,5,7H,4,6H2,1H3/t7-/m0/s1. The summed E-state index contributed by atoms with van der Waals surface area (Å²) in [6, 6.07) is 4.89. The van der Waals surface area contributed by atoms with E-state index in [9.17, 15) is 9.59 Å². The van der Waals surface area contributed by atoms with Crippen molar-refractivity contribution in [2.45, 2.75) is 6.42 Å². The topological polar surface area (TPSA) is 46.6 Å². The lowest BCUT2D eigenvalue weighted by Gasteiger charge is -2.17. The second-order valence-electron chi connectivity index (χ2n) is 4.02. The van der Waals surface area contributed by atoms with Crippen LogP contribution in [-0.2, 0) is 14.3 Å². The molecule has 4 nitrogen and oxygen atoms in total. The van der Waals surface area contributed by atoms with Gasteiger partial charge in [0.1, 0.15) is 0 Å². The van der Waals surface area contributed by atoms with E-state index in [-0.39, 0.29) is 24.8 Å². The van der Waals surface area contributed by atoms with Crippen molar-refractivity contribution in [3.63, 3.8) is 0 Å². The summed E-state index contributed by atoms with van der Waals surface area (Å²) in [5.74, 6) is -0.959. The highest BCUT2D eigenvalue weighted by Gasteiger charge is 2.36. The van der Waals surface area contributed by atoms with E-state index in [1.54, 1.807) is 18.2 Å². The first-order chi connectivity index (χ1) is 8.52. The normalized spacial score (nSPS) is 19.2. The van der Waals surface area contributed by atoms with Crippen LogP contribution in [0.15, 0.2) is 18.2 Å². The van der Waals surface area contributed by atoms with Crippen molar-refractivity contribution in [1.82, 2.24) is 0 Å². The first kappa shape index (κ1) is 13.2. The summed E-state index contributed by atoms with van der Waals surface area (Å²) >= 11 is 11.8. The molecule has 0 unspecified atom stereocenters. The number of ether oxygens (including phenoxy) is 1. The van der Waals surface area contributed by atoms with Crippen molar-refractivity contribution in [3.05, 3.63) is 28.2 Å². The third-order valence-electron chi connectivity index (χ3n) is 2.86. The zero-order valence-corrected chi connectivity index (χ0v) is 11.2. The Labute approximate surface area is 114 Å². The van der Waals surface area contributed by atoms with Crippen LogP contribution in [0.2, 0.25) is 10.0 Å². The van der Waals surface area contributed by atoms with Gasteiger partial charge in [0, 0.05) is 18.0 Å². The summed E-state index contributed by atoms with van der Waals surface area (Å²) in [5, 5.41) is 0.890. The number of methoxy groups -OCH3 is 1. The Kier molecular flexibility index (Phi) is 3.78. The van der Waals surface area contributed by atoms with Crippen molar-refractivity contribution in [2.75, 3.05) is 18.6 Å². The lowest BCUT2D eigenvalue weighted by molar-refractivity contribution is -0.145. The second-order valence-corrected chi connectivity index (χ2v) is 4.87. The molecule has 1 aliphatic rings. The van der Waals surface area contributed by atoms with Gasteiger partial charge in [-0.1, -0.05) is 23.2 Å². The maximum Gasteiger partial charge on any atom is 0.311 e. The van der Waals surface area contributed by atoms with E-state index in [4.69, 9.17) is 23.2 Å². The molecule has 0 spiro atoms. The Morgan fingerprint density at radius 1 is 1.44 bits per heavy atom. The molecule has 18 heavy (non-hydrogen) atoms. The van der Waals surface area contributed by atoms with Crippen LogP contribution in [0.3, 0.4) is 0 Å². The quantitative estimate of drug-likeness (QED) is 0.786. The lowest BCUT2D eigenvalue weighted by Crippen LogP contribution is -2.26. The molecule has 1 heterocycles. The van der Waals surface area contributed by atoms with Crippen molar-refractivity contribution < 1.29 is 14.3 Å². The molecule has 0 saturated carbocycles. The fraction of sp³-hybridized carbons (Fsp3) is 0.333. The SMILES string of the molecule is COC(=O)[C@H]1CC(=O)N(c2ccc(Cl)cc2Cl)C1. The number of amides is 1. The molecule has 2 rings (SSSR count). The van der Waals surface area contributed by atoms with Gasteiger partial charge in [0.2, 0.25) is 5.91 Å². The average molecular weight is 288 g/mol. The van der Waals surface area contributed by atoms with Crippen LogP contribution in [0.5, 0.6) is 0 Å². The minimum atomic E-state index is -0.436. The van der Waals surface area contributed by atoms with E-state index < -0.39 is 5.92 Å². The van der Waals surface area contributed by atoms with Crippen molar-refractivity contribution in [3.8, 4) is 0 Å². The summed E-state index contributed by atoms with van der Waals surface area (Å²) < 4.78 is 4.64. The number of nitrogens with zero attached hydrogens (tertiary/aromatic N) is 1. The van der Waals surface area contributed by atoms with Gasteiger partial charge in [-0.05, 0) is 18.2 Å². The number of hydrogen-bond acceptors (Lipinski definition) is 3. The monoisotopic (exact) mass is 287 g/mol. The molecule has 1 atom stereocenters. The first-order valence-corrected chi connectivity index (χ1v) is 6.11. The highest BCUT2D eigenvalue weighted by Crippen LogP contribution is 2.33. The number of halogens is 2. The predicted molar refractivity (Wildman–Crippen MR) is 68.9 cm³/mol. The van der Waals surface area contributed by atoms with Gasteiger partial charge in [-0.3, -0.25) is 9.59 Å². The third kappa shape index (κ3) is 2.44. The van der Waals surface area contributed by atoms with E-state index in [1.165, 1.54) is 12.0 Å². The van der Waals surface area contributed by atoms with E-state index in [0.717, 1.165) is 0 Å². The number of benzene rings is 1. The van der Waals surface area contributed by atoms with Gasteiger partial charge >= 0.3 is 5.97 Å². The summed E-state index contributed by atoms with van der Waals surface area (Å²) in [7, 11) is 1.31. The van der Waals surface area contributed by atoms with Gasteiger partial charge in [-0.25, -0.2) is 0 Å². The minimum Gasteiger partial charge on any atom is -0.469 e. The van der Waals surface area contributed by atoms with Crippen molar-refractivity contribution in [2.24, 2.45) is 5.92 Å². The molecular formula is C12H11Cl2NO3. The molecule has 1 fully saturated rings. The number of carbonyl (C=O) groups excluding carboxylic acids is 2. The smallest absolute Gasteiger partial charge is 0.311 e. The largest absolute Gasteiger partial charge is 0.469 e. The Balaban J connectivity index is 2.24. The van der Waals surface area contributed by atoms with Crippen LogP contribution in [0, 0.1) is 5.92 Å². The minimum absolute atomic E-state index is 0.144. The molecule has 1 amide bonds. The van der Waals surface area contributed by atoms with Crippen LogP contribution in [-0.4, -0.2) is 25.5 Å². The number of esters is 1. The molecule has 6 heteroatoms. The predicted octanol–water partition coefficient (Wildman–Crippen LogP) is 2.52. The maximum absolute atomic E-state index is 11.9. The van der Waals surface area contributed by atoms with Crippen LogP contribution in [0.4, 0.5) is 5.69 Å². The van der Waals surface area contributed by atoms with Crippen LogP contribution < -0.4 is 4.90 Å². The average Bonchev–Trinajstić information content (AvgIpc) is 2.70.